The lowest BCUT2D eigenvalue weighted by Crippen LogP contribution is -2.43. The highest BCUT2D eigenvalue weighted by molar-refractivity contribution is 6.11. The predicted octanol–water partition coefficient (Wildman–Crippen LogP) is 2.68. The molecule has 2 aromatic carbocycles. The van der Waals surface area contributed by atoms with E-state index in [1.165, 1.54) is 13.2 Å². The zero-order valence-corrected chi connectivity index (χ0v) is 21.1. The molecule has 0 saturated carbocycles. The summed E-state index contributed by atoms with van der Waals surface area (Å²) < 4.78 is 4.80. The van der Waals surface area contributed by atoms with Crippen molar-refractivity contribution < 1.29 is 19.1 Å². The lowest BCUT2D eigenvalue weighted by Gasteiger charge is -2.28. The summed E-state index contributed by atoms with van der Waals surface area (Å²) in [5.41, 5.74) is 7.77. The van der Waals surface area contributed by atoms with E-state index in [4.69, 9.17) is 10.5 Å². The van der Waals surface area contributed by atoms with E-state index in [1.807, 2.05) is 55.3 Å². The Morgan fingerprint density at radius 2 is 1.64 bits per heavy atom. The maximum Gasteiger partial charge on any atom is 0.328 e. The summed E-state index contributed by atoms with van der Waals surface area (Å²) in [5.74, 6) is -1.21. The first-order valence-electron chi connectivity index (χ1n) is 11.9. The number of ether oxygens (including phenoxy) is 1. The van der Waals surface area contributed by atoms with Crippen LogP contribution < -0.4 is 16.4 Å². The van der Waals surface area contributed by atoms with Crippen LogP contribution in [0.25, 0.3) is 0 Å². The number of carbonyl (C=O) groups is 3. The van der Waals surface area contributed by atoms with Crippen LogP contribution in [-0.2, 0) is 19.1 Å². The lowest BCUT2D eigenvalue weighted by atomic mass is 9.98. The molecule has 0 bridgehead atoms. The third kappa shape index (κ3) is 9.13. The fraction of sp³-hybridized carbons (Fsp3) is 0.321. The standard InChI is InChI=1S/C28H36N4O4/c1-21(29)30-18-10-17-25(28(35)36-3)31-27(34)24(20-33)16-11-19-32(2)26(22-12-6-4-7-13-22)23-14-8-5-9-15-23/h4-9,11-16,19-21,25-26,30H,10,17-18,29H2,1-3H3,(H,31,34)/b19-11-,24-16+. The summed E-state index contributed by atoms with van der Waals surface area (Å²) in [6.45, 7) is 2.39. The molecule has 0 fully saturated rings. The highest BCUT2D eigenvalue weighted by Crippen LogP contribution is 2.27. The minimum Gasteiger partial charge on any atom is -0.467 e. The highest BCUT2D eigenvalue weighted by atomic mass is 16.5. The number of nitrogens with zero attached hydrogens (tertiary/aromatic N) is 1. The molecule has 8 heteroatoms. The minimum atomic E-state index is -0.868. The van der Waals surface area contributed by atoms with Gasteiger partial charge in [0.15, 0.2) is 6.29 Å². The molecule has 0 aliphatic carbocycles. The third-order valence-corrected chi connectivity index (χ3v) is 5.55. The summed E-state index contributed by atoms with van der Waals surface area (Å²) in [6.07, 6.45) is 6.11. The lowest BCUT2D eigenvalue weighted by molar-refractivity contribution is -0.145. The number of aldehydes is 1. The Hall–Kier alpha value is -3.75. The van der Waals surface area contributed by atoms with Crippen LogP contribution >= 0.6 is 0 Å². The molecule has 8 nitrogen and oxygen atoms in total. The third-order valence-electron chi connectivity index (χ3n) is 5.55. The van der Waals surface area contributed by atoms with Crippen LogP contribution in [0.4, 0.5) is 0 Å². The molecule has 2 rings (SSSR count). The normalized spacial score (nSPS) is 13.3. The van der Waals surface area contributed by atoms with Gasteiger partial charge in [-0.2, -0.15) is 0 Å². The number of nitrogens with one attached hydrogen (secondary N) is 2. The van der Waals surface area contributed by atoms with Gasteiger partial charge >= 0.3 is 5.97 Å². The Labute approximate surface area is 213 Å². The molecule has 0 aliphatic rings. The number of methoxy groups -OCH3 is 1. The highest BCUT2D eigenvalue weighted by Gasteiger charge is 2.22. The molecule has 1 amide bonds. The second kappa shape index (κ2) is 15.3. The molecule has 2 atom stereocenters. The van der Waals surface area contributed by atoms with Gasteiger partial charge in [0.2, 0.25) is 0 Å². The van der Waals surface area contributed by atoms with Crippen LogP contribution in [0.1, 0.15) is 36.9 Å². The van der Waals surface area contributed by atoms with Gasteiger partial charge in [-0.1, -0.05) is 60.7 Å². The first-order valence-corrected chi connectivity index (χ1v) is 11.9. The van der Waals surface area contributed by atoms with Crippen molar-refractivity contribution in [3.8, 4) is 0 Å². The van der Waals surface area contributed by atoms with E-state index < -0.39 is 17.9 Å². The largest absolute Gasteiger partial charge is 0.467 e. The van der Waals surface area contributed by atoms with Crippen molar-refractivity contribution in [3.63, 3.8) is 0 Å². The fourth-order valence-corrected chi connectivity index (χ4v) is 3.74. The van der Waals surface area contributed by atoms with Crippen LogP contribution in [0, 0.1) is 0 Å². The maximum atomic E-state index is 12.7. The van der Waals surface area contributed by atoms with Gasteiger partial charge in [0.25, 0.3) is 5.91 Å². The second-order valence-corrected chi connectivity index (χ2v) is 8.40. The Morgan fingerprint density at radius 1 is 1.06 bits per heavy atom. The van der Waals surface area contributed by atoms with Gasteiger partial charge in [0.1, 0.15) is 6.04 Å². The van der Waals surface area contributed by atoms with Crippen LogP contribution in [0.2, 0.25) is 0 Å². The van der Waals surface area contributed by atoms with Gasteiger partial charge in [0.05, 0.1) is 24.9 Å². The predicted molar refractivity (Wildman–Crippen MR) is 141 cm³/mol. The van der Waals surface area contributed by atoms with Crippen molar-refractivity contribution in [1.29, 1.82) is 0 Å². The summed E-state index contributed by atoms with van der Waals surface area (Å²) in [5, 5.41) is 5.65. The van der Waals surface area contributed by atoms with Gasteiger partial charge in [-0.15, -0.1) is 0 Å². The van der Waals surface area contributed by atoms with Crippen LogP contribution in [0.3, 0.4) is 0 Å². The van der Waals surface area contributed by atoms with E-state index in [-0.39, 0.29) is 17.8 Å². The molecule has 2 unspecified atom stereocenters. The zero-order chi connectivity index (χ0) is 26.3. The Bertz CT molecular complexity index is 983. The summed E-state index contributed by atoms with van der Waals surface area (Å²) in [4.78, 5) is 38.5. The van der Waals surface area contributed by atoms with E-state index in [0.717, 1.165) is 11.1 Å². The molecule has 0 radical (unpaired) electrons. The quantitative estimate of drug-likeness (QED) is 0.0543. The SMILES string of the molecule is COC(=O)C(CCCNC(C)N)NC(=O)/C(C=O)=C/C=C\N(C)C(c1ccccc1)c1ccccc1. The smallest absolute Gasteiger partial charge is 0.328 e. The molecule has 0 spiro atoms. The maximum absolute atomic E-state index is 12.7. The first kappa shape index (κ1) is 28.5. The van der Waals surface area contributed by atoms with Gasteiger partial charge in [-0.05, 0) is 55.8 Å². The van der Waals surface area contributed by atoms with E-state index >= 15 is 0 Å². The van der Waals surface area contributed by atoms with Crippen molar-refractivity contribution in [1.82, 2.24) is 15.5 Å². The molecular weight excluding hydrogens is 456 g/mol. The molecule has 36 heavy (non-hydrogen) atoms. The molecule has 0 heterocycles. The monoisotopic (exact) mass is 492 g/mol. The number of hydrogen-bond acceptors (Lipinski definition) is 7. The van der Waals surface area contributed by atoms with Crippen molar-refractivity contribution >= 4 is 18.2 Å². The van der Waals surface area contributed by atoms with Crippen LogP contribution in [-0.4, -0.2) is 56.0 Å². The number of amides is 1. The number of rotatable bonds is 14. The van der Waals surface area contributed by atoms with Gasteiger partial charge in [-0.3, -0.25) is 9.59 Å². The van der Waals surface area contributed by atoms with E-state index in [0.29, 0.717) is 25.7 Å². The van der Waals surface area contributed by atoms with Crippen molar-refractivity contribution in [2.45, 2.75) is 38.0 Å². The second-order valence-electron chi connectivity index (χ2n) is 8.40. The number of allylic oxidation sites excluding steroid dienone is 2. The van der Waals surface area contributed by atoms with Crippen molar-refractivity contribution in [3.05, 3.63) is 95.7 Å². The van der Waals surface area contributed by atoms with Crippen LogP contribution in [0.5, 0.6) is 0 Å². The number of carbonyl (C=O) groups excluding carboxylic acids is 3. The van der Waals surface area contributed by atoms with Crippen molar-refractivity contribution in [2.24, 2.45) is 5.73 Å². The molecule has 4 N–H and O–H groups in total. The number of hydrogen-bond donors (Lipinski definition) is 3. The summed E-state index contributed by atoms with van der Waals surface area (Å²) >= 11 is 0. The summed E-state index contributed by atoms with van der Waals surface area (Å²) in [6, 6.07) is 19.2. The number of nitrogens with two attached hydrogens (primary N) is 1. The van der Waals surface area contributed by atoms with Crippen LogP contribution in [0.15, 0.2) is 84.6 Å². The molecule has 0 aliphatic heterocycles. The molecule has 0 saturated heterocycles. The Morgan fingerprint density at radius 3 is 2.14 bits per heavy atom. The zero-order valence-electron chi connectivity index (χ0n) is 21.1. The van der Waals surface area contributed by atoms with E-state index in [1.54, 1.807) is 12.3 Å². The van der Waals surface area contributed by atoms with Crippen molar-refractivity contribution in [2.75, 3.05) is 20.7 Å². The van der Waals surface area contributed by atoms with Gasteiger partial charge < -0.3 is 26.0 Å². The Kier molecular flexibility index (Phi) is 12.1. The minimum absolute atomic E-state index is 0.0564. The average molecular weight is 493 g/mol. The molecule has 0 aromatic heterocycles. The fourth-order valence-electron chi connectivity index (χ4n) is 3.74. The average Bonchev–Trinajstić information content (AvgIpc) is 2.89. The van der Waals surface area contributed by atoms with E-state index in [9.17, 15) is 14.4 Å². The van der Waals surface area contributed by atoms with Gasteiger partial charge in [0, 0.05) is 7.05 Å². The van der Waals surface area contributed by atoms with E-state index in [2.05, 4.69) is 34.9 Å². The Balaban J connectivity index is 2.12. The summed E-state index contributed by atoms with van der Waals surface area (Å²) in [7, 11) is 3.19. The molecule has 2 aromatic rings. The number of benzene rings is 2. The molecular formula is C28H36N4O4. The number of esters is 1. The van der Waals surface area contributed by atoms with Gasteiger partial charge in [-0.25, -0.2) is 4.79 Å². The first-order chi connectivity index (χ1) is 17.4. The topological polar surface area (TPSA) is 114 Å². The molecule has 192 valence electrons.